The van der Waals surface area contributed by atoms with Crippen LogP contribution in [-0.2, 0) is 0 Å². The SMILES string of the molecule is COc1cc(Nc2ccc([N+](=O)[O-])c(C#N)c2)ccc1F. The Kier molecular flexibility index (Phi) is 4.00. The van der Waals surface area contributed by atoms with Crippen LogP contribution in [0.25, 0.3) is 0 Å². The number of nitrogens with zero attached hydrogens (tertiary/aromatic N) is 2. The fourth-order valence-corrected chi connectivity index (χ4v) is 1.77. The molecule has 0 unspecified atom stereocenters. The molecule has 0 saturated carbocycles. The molecule has 6 nitrogen and oxygen atoms in total. The van der Waals surface area contributed by atoms with Crippen molar-refractivity contribution in [2.45, 2.75) is 0 Å². The van der Waals surface area contributed by atoms with Gasteiger partial charge in [0, 0.05) is 23.5 Å². The topological polar surface area (TPSA) is 88.2 Å². The summed E-state index contributed by atoms with van der Waals surface area (Å²) in [5.74, 6) is -0.424. The van der Waals surface area contributed by atoms with Crippen molar-refractivity contribution < 1.29 is 14.1 Å². The Bertz CT molecular complexity index is 741. The van der Waals surface area contributed by atoms with Gasteiger partial charge in [0.05, 0.1) is 12.0 Å². The smallest absolute Gasteiger partial charge is 0.287 e. The molecule has 106 valence electrons. The Balaban J connectivity index is 2.32. The molecule has 0 aromatic heterocycles. The Morgan fingerprint density at radius 1 is 1.29 bits per heavy atom. The quantitative estimate of drug-likeness (QED) is 0.688. The van der Waals surface area contributed by atoms with Crippen LogP contribution in [-0.4, -0.2) is 12.0 Å². The summed E-state index contributed by atoms with van der Waals surface area (Å²) in [6, 6.07) is 10.0. The highest BCUT2D eigenvalue weighted by atomic mass is 19.1. The Hall–Kier alpha value is -3.14. The molecular formula is C14H10FN3O3. The maximum Gasteiger partial charge on any atom is 0.287 e. The number of ether oxygens (including phenoxy) is 1. The van der Waals surface area contributed by atoms with Crippen LogP contribution in [0.1, 0.15) is 5.56 Å². The van der Waals surface area contributed by atoms with E-state index in [4.69, 9.17) is 10.00 Å². The van der Waals surface area contributed by atoms with Crippen LogP contribution in [0.15, 0.2) is 36.4 Å². The standard InChI is InChI=1S/C14H10FN3O3/c1-21-14-7-11(2-4-12(14)15)17-10-3-5-13(18(19)20)9(6-10)8-16/h2-7,17H,1H3. The molecule has 7 heteroatoms. The number of nitriles is 1. The minimum absolute atomic E-state index is 0.0564. The van der Waals surface area contributed by atoms with Crippen molar-refractivity contribution in [2.75, 3.05) is 12.4 Å². The molecule has 0 bridgehead atoms. The van der Waals surface area contributed by atoms with Crippen molar-refractivity contribution in [1.29, 1.82) is 5.26 Å². The van der Waals surface area contributed by atoms with E-state index in [1.54, 1.807) is 6.07 Å². The van der Waals surface area contributed by atoms with E-state index in [1.165, 1.54) is 43.5 Å². The van der Waals surface area contributed by atoms with E-state index < -0.39 is 10.7 Å². The van der Waals surface area contributed by atoms with Crippen molar-refractivity contribution >= 4 is 17.1 Å². The molecule has 0 aliphatic heterocycles. The number of anilines is 2. The number of rotatable bonds is 4. The number of halogens is 1. The Labute approximate surface area is 119 Å². The number of nitro benzene ring substituents is 1. The third-order valence-electron chi connectivity index (χ3n) is 2.75. The van der Waals surface area contributed by atoms with E-state index in [1.807, 2.05) is 0 Å². The van der Waals surface area contributed by atoms with Crippen LogP contribution in [0.5, 0.6) is 5.75 Å². The van der Waals surface area contributed by atoms with Crippen molar-refractivity contribution in [3.05, 3.63) is 57.9 Å². The van der Waals surface area contributed by atoms with E-state index in [-0.39, 0.29) is 17.0 Å². The van der Waals surface area contributed by atoms with Crippen molar-refractivity contribution in [1.82, 2.24) is 0 Å². The average Bonchev–Trinajstić information content (AvgIpc) is 2.48. The van der Waals surface area contributed by atoms with Crippen LogP contribution in [0, 0.1) is 27.3 Å². The highest BCUT2D eigenvalue weighted by Crippen LogP contribution is 2.27. The lowest BCUT2D eigenvalue weighted by Gasteiger charge is -2.09. The summed E-state index contributed by atoms with van der Waals surface area (Å²) in [7, 11) is 1.35. The van der Waals surface area contributed by atoms with Gasteiger partial charge in [-0.05, 0) is 24.3 Å². The Morgan fingerprint density at radius 2 is 1.95 bits per heavy atom. The predicted molar refractivity (Wildman–Crippen MR) is 74.0 cm³/mol. The summed E-state index contributed by atoms with van der Waals surface area (Å²) in [5, 5.41) is 22.6. The summed E-state index contributed by atoms with van der Waals surface area (Å²) in [6.07, 6.45) is 0. The number of hydrogen-bond donors (Lipinski definition) is 1. The second kappa shape index (κ2) is 5.88. The lowest BCUT2D eigenvalue weighted by atomic mass is 10.1. The van der Waals surface area contributed by atoms with Gasteiger partial charge < -0.3 is 10.1 Å². The third-order valence-corrected chi connectivity index (χ3v) is 2.75. The maximum atomic E-state index is 13.3. The summed E-state index contributed by atoms with van der Waals surface area (Å²) in [6.45, 7) is 0. The molecular weight excluding hydrogens is 277 g/mol. The zero-order valence-electron chi connectivity index (χ0n) is 11.0. The first-order valence-corrected chi connectivity index (χ1v) is 5.84. The monoisotopic (exact) mass is 287 g/mol. The van der Waals surface area contributed by atoms with Crippen molar-refractivity contribution in [3.63, 3.8) is 0 Å². The predicted octanol–water partition coefficient (Wildman–Crippen LogP) is 3.36. The summed E-state index contributed by atoms with van der Waals surface area (Å²) in [5.41, 5.74) is 0.690. The lowest BCUT2D eigenvalue weighted by Crippen LogP contribution is -1.96. The molecule has 0 spiro atoms. The molecule has 2 aromatic carbocycles. The van der Waals surface area contributed by atoms with E-state index in [9.17, 15) is 14.5 Å². The molecule has 0 saturated heterocycles. The highest BCUT2D eigenvalue weighted by molar-refractivity contribution is 5.66. The molecule has 0 aliphatic rings. The lowest BCUT2D eigenvalue weighted by molar-refractivity contribution is -0.385. The fraction of sp³-hybridized carbons (Fsp3) is 0.0714. The molecule has 0 atom stereocenters. The zero-order valence-corrected chi connectivity index (χ0v) is 11.0. The van der Waals surface area contributed by atoms with Crippen LogP contribution in [0.3, 0.4) is 0 Å². The normalized spacial score (nSPS) is 9.76. The first-order chi connectivity index (χ1) is 10.0. The molecule has 2 aromatic rings. The average molecular weight is 287 g/mol. The number of nitrogens with one attached hydrogen (secondary N) is 1. The molecule has 0 radical (unpaired) electrons. The van der Waals surface area contributed by atoms with Gasteiger partial charge in [-0.1, -0.05) is 0 Å². The van der Waals surface area contributed by atoms with E-state index in [0.717, 1.165) is 0 Å². The fourth-order valence-electron chi connectivity index (χ4n) is 1.77. The molecule has 1 N–H and O–H groups in total. The van der Waals surface area contributed by atoms with E-state index >= 15 is 0 Å². The molecule has 21 heavy (non-hydrogen) atoms. The van der Waals surface area contributed by atoms with Crippen LogP contribution < -0.4 is 10.1 Å². The first-order valence-electron chi connectivity index (χ1n) is 5.84. The minimum Gasteiger partial charge on any atom is -0.494 e. The molecule has 0 fully saturated rings. The summed E-state index contributed by atoms with van der Waals surface area (Å²) >= 11 is 0. The van der Waals surface area contributed by atoms with Crippen molar-refractivity contribution in [3.8, 4) is 11.8 Å². The van der Waals surface area contributed by atoms with E-state index in [0.29, 0.717) is 11.4 Å². The van der Waals surface area contributed by atoms with Gasteiger partial charge >= 0.3 is 0 Å². The van der Waals surface area contributed by atoms with Gasteiger partial charge in [0.15, 0.2) is 11.6 Å². The van der Waals surface area contributed by atoms with Gasteiger partial charge in [-0.15, -0.1) is 0 Å². The van der Waals surface area contributed by atoms with Gasteiger partial charge in [0.1, 0.15) is 11.6 Å². The molecule has 2 rings (SSSR count). The van der Waals surface area contributed by atoms with Crippen LogP contribution in [0.2, 0.25) is 0 Å². The number of hydrogen-bond acceptors (Lipinski definition) is 5. The van der Waals surface area contributed by atoms with Gasteiger partial charge in [-0.2, -0.15) is 5.26 Å². The van der Waals surface area contributed by atoms with Gasteiger partial charge in [-0.25, -0.2) is 4.39 Å². The third kappa shape index (κ3) is 3.06. The van der Waals surface area contributed by atoms with Crippen molar-refractivity contribution in [2.24, 2.45) is 0 Å². The zero-order chi connectivity index (χ0) is 15.4. The van der Waals surface area contributed by atoms with Gasteiger partial charge in [-0.3, -0.25) is 10.1 Å². The second-order valence-corrected chi connectivity index (χ2v) is 4.08. The Morgan fingerprint density at radius 3 is 2.57 bits per heavy atom. The minimum atomic E-state index is -0.622. The molecule has 0 aliphatic carbocycles. The molecule has 0 amide bonds. The van der Waals surface area contributed by atoms with E-state index in [2.05, 4.69) is 5.32 Å². The van der Waals surface area contributed by atoms with Crippen LogP contribution >= 0.6 is 0 Å². The number of benzene rings is 2. The van der Waals surface area contributed by atoms with Gasteiger partial charge in [0.2, 0.25) is 0 Å². The maximum absolute atomic E-state index is 13.3. The summed E-state index contributed by atoms with van der Waals surface area (Å²) < 4.78 is 18.2. The van der Waals surface area contributed by atoms with Gasteiger partial charge in [0.25, 0.3) is 5.69 Å². The first kappa shape index (κ1) is 14.3. The second-order valence-electron chi connectivity index (χ2n) is 4.08. The number of nitro groups is 1. The summed E-state index contributed by atoms with van der Waals surface area (Å²) in [4.78, 5) is 10.1. The number of methoxy groups -OCH3 is 1. The highest BCUT2D eigenvalue weighted by Gasteiger charge is 2.14. The largest absolute Gasteiger partial charge is 0.494 e. The van der Waals surface area contributed by atoms with Crippen LogP contribution in [0.4, 0.5) is 21.5 Å². The molecule has 0 heterocycles.